The molecule has 5 heteroatoms. The molecule has 0 aliphatic carbocycles. The fourth-order valence-corrected chi connectivity index (χ4v) is 3.00. The average molecular weight is 350 g/mol. The van der Waals surface area contributed by atoms with Crippen LogP contribution in [-0.4, -0.2) is 33.5 Å². The predicted octanol–water partition coefficient (Wildman–Crippen LogP) is 3.75. The van der Waals surface area contributed by atoms with Crippen LogP contribution in [0.3, 0.4) is 0 Å². The summed E-state index contributed by atoms with van der Waals surface area (Å²) in [5, 5.41) is 3.31. The van der Waals surface area contributed by atoms with E-state index >= 15 is 0 Å². The number of hydrogen-bond donors (Lipinski definition) is 1. The fraction of sp³-hybridized carbons (Fsp3) is 0.579. The highest BCUT2D eigenvalue weighted by Gasteiger charge is 2.38. The summed E-state index contributed by atoms with van der Waals surface area (Å²) in [5.74, 6) is 1.01. The second-order valence-corrected chi connectivity index (χ2v) is 12.4. The van der Waals surface area contributed by atoms with Gasteiger partial charge in [-0.3, -0.25) is 4.79 Å². The van der Waals surface area contributed by atoms with Crippen LogP contribution in [0, 0.1) is 0 Å². The second-order valence-electron chi connectivity index (χ2n) is 7.68. The van der Waals surface area contributed by atoms with Crippen LogP contribution in [0.2, 0.25) is 18.1 Å². The van der Waals surface area contributed by atoms with Crippen molar-refractivity contribution >= 4 is 20.4 Å². The molecule has 1 rings (SSSR count). The molecule has 0 radical (unpaired) electrons. The lowest BCUT2D eigenvalue weighted by Gasteiger charge is -2.36. The third-order valence-corrected chi connectivity index (χ3v) is 8.89. The van der Waals surface area contributed by atoms with Gasteiger partial charge in [0.25, 0.3) is 0 Å². The zero-order valence-corrected chi connectivity index (χ0v) is 16.6. The number of benzene rings is 1. The van der Waals surface area contributed by atoms with E-state index in [4.69, 9.17) is 4.43 Å². The van der Waals surface area contributed by atoms with Gasteiger partial charge in [-0.15, -0.1) is 0 Å². The number of carbonyl (C=O) groups excluding carboxylic acids is 2. The summed E-state index contributed by atoms with van der Waals surface area (Å²) < 4.78 is 6.33. The average Bonchev–Trinajstić information content (AvgIpc) is 2.48. The molecule has 0 spiro atoms. The van der Waals surface area contributed by atoms with Gasteiger partial charge in [-0.2, -0.15) is 0 Å². The summed E-state index contributed by atoms with van der Waals surface area (Å²) in [7, 11) is -1.82. The SMILES string of the molecule is CC(C)(C)[Si](C)(C)Oc1cccc(CCNCC(=O)CCC=O)c1. The van der Waals surface area contributed by atoms with Gasteiger partial charge in [0.05, 0.1) is 6.54 Å². The molecule has 0 heterocycles. The van der Waals surface area contributed by atoms with Crippen LogP contribution in [0.25, 0.3) is 0 Å². The molecular formula is C19H31NO3Si. The Bertz CT molecular complexity index is 550. The van der Waals surface area contributed by atoms with Crippen LogP contribution < -0.4 is 9.74 Å². The van der Waals surface area contributed by atoms with E-state index in [1.54, 1.807) is 0 Å². The van der Waals surface area contributed by atoms with Gasteiger partial charge < -0.3 is 14.5 Å². The predicted molar refractivity (Wildman–Crippen MR) is 101 cm³/mol. The molecule has 0 aliphatic heterocycles. The first-order chi connectivity index (χ1) is 11.2. The van der Waals surface area contributed by atoms with E-state index in [0.29, 0.717) is 19.4 Å². The molecule has 1 aromatic rings. The lowest BCUT2D eigenvalue weighted by atomic mass is 10.1. The van der Waals surface area contributed by atoms with E-state index in [1.165, 1.54) is 5.56 Å². The molecule has 0 aromatic heterocycles. The largest absolute Gasteiger partial charge is 0.543 e. The van der Waals surface area contributed by atoms with Crippen molar-refractivity contribution in [2.24, 2.45) is 0 Å². The monoisotopic (exact) mass is 349 g/mol. The van der Waals surface area contributed by atoms with Gasteiger partial charge in [0.15, 0.2) is 0 Å². The number of aldehydes is 1. The lowest BCUT2D eigenvalue weighted by molar-refractivity contribution is -0.120. The fourth-order valence-electron chi connectivity index (χ4n) is 1.98. The van der Waals surface area contributed by atoms with Crippen molar-refractivity contribution in [3.8, 4) is 5.75 Å². The van der Waals surface area contributed by atoms with E-state index in [2.05, 4.69) is 51.3 Å². The van der Waals surface area contributed by atoms with Gasteiger partial charge in [-0.05, 0) is 48.8 Å². The molecule has 0 saturated heterocycles. The van der Waals surface area contributed by atoms with Crippen molar-refractivity contribution in [3.63, 3.8) is 0 Å². The van der Waals surface area contributed by atoms with Crippen LogP contribution in [0.5, 0.6) is 5.75 Å². The number of Topliss-reactive ketones (excluding diaryl/α,β-unsaturated/α-hetero) is 1. The summed E-state index contributed by atoms with van der Waals surface area (Å²) in [6.07, 6.45) is 2.27. The molecule has 1 N–H and O–H groups in total. The molecule has 0 aliphatic rings. The van der Waals surface area contributed by atoms with E-state index in [-0.39, 0.29) is 10.8 Å². The zero-order chi connectivity index (χ0) is 18.2. The van der Waals surface area contributed by atoms with Crippen molar-refractivity contribution < 1.29 is 14.0 Å². The summed E-state index contributed by atoms with van der Waals surface area (Å²) in [5.41, 5.74) is 1.19. The maximum absolute atomic E-state index is 11.5. The molecule has 0 unspecified atom stereocenters. The Morgan fingerprint density at radius 2 is 2.00 bits per heavy atom. The zero-order valence-electron chi connectivity index (χ0n) is 15.6. The first kappa shape index (κ1) is 20.6. The minimum Gasteiger partial charge on any atom is -0.543 e. The summed E-state index contributed by atoms with van der Waals surface area (Å²) in [6.45, 7) is 12.2. The third kappa shape index (κ3) is 6.97. The molecule has 0 atom stereocenters. The molecule has 4 nitrogen and oxygen atoms in total. The van der Waals surface area contributed by atoms with Gasteiger partial charge >= 0.3 is 0 Å². The highest BCUT2D eigenvalue weighted by Crippen LogP contribution is 2.37. The van der Waals surface area contributed by atoms with Crippen molar-refractivity contribution in [1.29, 1.82) is 0 Å². The Balaban J connectivity index is 2.49. The summed E-state index contributed by atoms with van der Waals surface area (Å²) in [4.78, 5) is 21.7. The molecule has 0 fully saturated rings. The lowest BCUT2D eigenvalue weighted by Crippen LogP contribution is -2.43. The van der Waals surface area contributed by atoms with E-state index < -0.39 is 8.32 Å². The number of carbonyl (C=O) groups is 2. The summed E-state index contributed by atoms with van der Waals surface area (Å²) >= 11 is 0. The van der Waals surface area contributed by atoms with Crippen molar-refractivity contribution in [2.75, 3.05) is 13.1 Å². The minimum absolute atomic E-state index is 0.0807. The standard InChI is InChI=1S/C19H31NO3Si/c1-19(2,3)24(4,5)23-18-10-6-8-16(14-18)11-12-20-15-17(22)9-7-13-21/h6,8,10,13-14,20H,7,9,11-12,15H2,1-5H3. The van der Waals surface area contributed by atoms with Gasteiger partial charge in [0.1, 0.15) is 17.8 Å². The van der Waals surface area contributed by atoms with Crippen molar-refractivity contribution in [3.05, 3.63) is 29.8 Å². The van der Waals surface area contributed by atoms with Crippen molar-refractivity contribution in [1.82, 2.24) is 5.32 Å². The van der Waals surface area contributed by atoms with Gasteiger partial charge in [-0.25, -0.2) is 0 Å². The van der Waals surface area contributed by atoms with Crippen molar-refractivity contribution in [2.45, 2.75) is 58.2 Å². The molecule has 24 heavy (non-hydrogen) atoms. The first-order valence-electron chi connectivity index (χ1n) is 8.60. The maximum atomic E-state index is 11.5. The number of rotatable bonds is 10. The topological polar surface area (TPSA) is 55.4 Å². The van der Waals surface area contributed by atoms with E-state index in [1.807, 2.05) is 12.1 Å². The maximum Gasteiger partial charge on any atom is 0.250 e. The molecule has 134 valence electrons. The Kier molecular flexibility index (Phi) is 7.83. The molecule has 0 amide bonds. The molecule has 0 saturated carbocycles. The van der Waals surface area contributed by atoms with Gasteiger partial charge in [0.2, 0.25) is 8.32 Å². The first-order valence-corrected chi connectivity index (χ1v) is 11.5. The smallest absolute Gasteiger partial charge is 0.250 e. The second kappa shape index (κ2) is 9.13. The molecule has 1 aromatic carbocycles. The third-order valence-electron chi connectivity index (χ3n) is 4.53. The van der Waals surface area contributed by atoms with Crippen LogP contribution in [-0.2, 0) is 16.0 Å². The van der Waals surface area contributed by atoms with Crippen LogP contribution in [0.15, 0.2) is 24.3 Å². The Hall–Kier alpha value is -1.46. The quantitative estimate of drug-likeness (QED) is 0.397. The number of ketones is 1. The van der Waals surface area contributed by atoms with Crippen LogP contribution in [0.1, 0.15) is 39.2 Å². The van der Waals surface area contributed by atoms with Gasteiger partial charge in [0, 0.05) is 12.8 Å². The Labute approximate surface area is 147 Å². The van der Waals surface area contributed by atoms with Gasteiger partial charge in [-0.1, -0.05) is 32.9 Å². The van der Waals surface area contributed by atoms with Crippen LogP contribution >= 0.6 is 0 Å². The number of nitrogens with one attached hydrogen (secondary N) is 1. The summed E-state index contributed by atoms with van der Waals surface area (Å²) in [6, 6.07) is 8.21. The van der Waals surface area contributed by atoms with E-state index in [9.17, 15) is 9.59 Å². The molecular weight excluding hydrogens is 318 g/mol. The number of hydrogen-bond acceptors (Lipinski definition) is 4. The highest BCUT2D eigenvalue weighted by atomic mass is 28.4. The Morgan fingerprint density at radius 3 is 2.62 bits per heavy atom. The molecule has 0 bridgehead atoms. The van der Waals surface area contributed by atoms with Crippen LogP contribution in [0.4, 0.5) is 0 Å². The normalized spacial score (nSPS) is 12.0. The van der Waals surface area contributed by atoms with E-state index in [0.717, 1.165) is 25.0 Å². The minimum atomic E-state index is -1.82. The Morgan fingerprint density at radius 1 is 1.29 bits per heavy atom. The highest BCUT2D eigenvalue weighted by molar-refractivity contribution is 6.74.